The molecule has 0 aromatic heterocycles. The van der Waals surface area contributed by atoms with E-state index in [1.807, 2.05) is 0 Å². The van der Waals surface area contributed by atoms with Gasteiger partial charge >= 0.3 is 0 Å². The van der Waals surface area contributed by atoms with Crippen molar-refractivity contribution in [2.45, 2.75) is 71.0 Å². The summed E-state index contributed by atoms with van der Waals surface area (Å²) in [5.41, 5.74) is 0. The number of hydrogen-bond donors (Lipinski definition) is 0. The summed E-state index contributed by atoms with van der Waals surface area (Å²) in [6.07, 6.45) is 19.7. The Labute approximate surface area is 118 Å². The highest BCUT2D eigenvalue weighted by Crippen LogP contribution is 2.14. The zero-order chi connectivity index (χ0) is 13.6. The van der Waals surface area contributed by atoms with Gasteiger partial charge in [-0.25, -0.2) is 0 Å². The van der Waals surface area contributed by atoms with Gasteiger partial charge in [0.1, 0.15) is 0 Å². The van der Waals surface area contributed by atoms with Crippen molar-refractivity contribution in [3.05, 3.63) is 24.3 Å². The fourth-order valence-corrected chi connectivity index (χ4v) is 2.16. The minimum Gasteiger partial charge on any atom is -0.353 e. The smallest absolute Gasteiger partial charge is 0.157 e. The van der Waals surface area contributed by atoms with Gasteiger partial charge in [0, 0.05) is 13.2 Å². The Balaban J connectivity index is 1.80. The Bertz CT molecular complexity index is 240. The van der Waals surface area contributed by atoms with Crippen molar-refractivity contribution in [3.63, 3.8) is 0 Å². The fraction of sp³-hybridized carbons (Fsp3) is 0.765. The van der Waals surface area contributed by atoms with Gasteiger partial charge in [0.15, 0.2) is 6.29 Å². The molecule has 0 aromatic carbocycles. The molecule has 0 N–H and O–H groups in total. The van der Waals surface area contributed by atoms with Crippen LogP contribution in [0.3, 0.4) is 0 Å². The molecule has 2 nitrogen and oxygen atoms in total. The van der Waals surface area contributed by atoms with Gasteiger partial charge in [-0.15, -0.1) is 0 Å². The van der Waals surface area contributed by atoms with Gasteiger partial charge in [0.2, 0.25) is 0 Å². The summed E-state index contributed by atoms with van der Waals surface area (Å²) in [5, 5.41) is 0. The normalized spacial score (nSPS) is 20.6. The van der Waals surface area contributed by atoms with Crippen LogP contribution in [0.25, 0.3) is 0 Å². The predicted octanol–water partition coefficient (Wildman–Crippen LogP) is 5.00. The van der Waals surface area contributed by atoms with Crippen LogP contribution in [0, 0.1) is 0 Å². The maximum Gasteiger partial charge on any atom is 0.157 e. The number of rotatable bonds is 10. The van der Waals surface area contributed by atoms with E-state index in [9.17, 15) is 0 Å². The Kier molecular flexibility index (Phi) is 10.8. The van der Waals surface area contributed by atoms with Gasteiger partial charge in [-0.05, 0) is 44.9 Å². The number of hydrogen-bond acceptors (Lipinski definition) is 2. The van der Waals surface area contributed by atoms with E-state index in [-0.39, 0.29) is 6.29 Å². The van der Waals surface area contributed by atoms with E-state index in [2.05, 4.69) is 31.2 Å². The topological polar surface area (TPSA) is 18.5 Å². The van der Waals surface area contributed by atoms with Crippen molar-refractivity contribution >= 4 is 0 Å². The highest BCUT2D eigenvalue weighted by Gasteiger charge is 2.12. The average Bonchev–Trinajstić information content (AvgIpc) is 2.46. The molecule has 1 unspecified atom stereocenters. The van der Waals surface area contributed by atoms with Crippen LogP contribution in [0.2, 0.25) is 0 Å². The van der Waals surface area contributed by atoms with Crippen LogP contribution in [0.1, 0.15) is 64.7 Å². The molecule has 0 bridgehead atoms. The molecule has 0 saturated carbocycles. The second-order valence-electron chi connectivity index (χ2n) is 5.13. The molecule has 2 heteroatoms. The van der Waals surface area contributed by atoms with Gasteiger partial charge in [-0.2, -0.15) is 0 Å². The van der Waals surface area contributed by atoms with Gasteiger partial charge in [0.25, 0.3) is 0 Å². The fourth-order valence-electron chi connectivity index (χ4n) is 2.16. The molecule has 0 aliphatic carbocycles. The van der Waals surface area contributed by atoms with E-state index in [1.165, 1.54) is 44.9 Å². The highest BCUT2D eigenvalue weighted by atomic mass is 16.7. The summed E-state index contributed by atoms with van der Waals surface area (Å²) < 4.78 is 11.2. The first-order chi connectivity index (χ1) is 9.43. The molecular weight excluding hydrogens is 236 g/mol. The Hall–Kier alpha value is -0.600. The lowest BCUT2D eigenvalue weighted by molar-refractivity contribution is -0.162. The first-order valence-corrected chi connectivity index (χ1v) is 7.98. The van der Waals surface area contributed by atoms with Crippen LogP contribution in [0.15, 0.2) is 24.3 Å². The van der Waals surface area contributed by atoms with Gasteiger partial charge in [-0.1, -0.05) is 44.1 Å². The standard InChI is InChI=1S/C17H30O2/c1-2-3-4-5-6-7-8-9-10-12-15-18-17-14-11-13-16-19-17/h3-6,17H,2,7-16H2,1H3. The third kappa shape index (κ3) is 9.92. The molecule has 1 atom stereocenters. The summed E-state index contributed by atoms with van der Waals surface area (Å²) in [6.45, 7) is 3.90. The summed E-state index contributed by atoms with van der Waals surface area (Å²) in [6, 6.07) is 0. The third-order valence-electron chi connectivity index (χ3n) is 3.33. The molecule has 1 aliphatic heterocycles. The van der Waals surface area contributed by atoms with Crippen LogP contribution in [-0.4, -0.2) is 19.5 Å². The lowest BCUT2D eigenvalue weighted by atomic mass is 10.1. The predicted molar refractivity (Wildman–Crippen MR) is 81.2 cm³/mol. The van der Waals surface area contributed by atoms with Crippen molar-refractivity contribution in [1.29, 1.82) is 0 Å². The summed E-state index contributed by atoms with van der Waals surface area (Å²) in [5.74, 6) is 0. The summed E-state index contributed by atoms with van der Waals surface area (Å²) in [7, 11) is 0. The van der Waals surface area contributed by atoms with E-state index in [0.29, 0.717) is 0 Å². The molecule has 19 heavy (non-hydrogen) atoms. The molecule has 0 spiro atoms. The first-order valence-electron chi connectivity index (χ1n) is 7.98. The van der Waals surface area contributed by atoms with Gasteiger partial charge in [0.05, 0.1) is 0 Å². The van der Waals surface area contributed by atoms with Crippen molar-refractivity contribution in [2.24, 2.45) is 0 Å². The lowest BCUT2D eigenvalue weighted by Gasteiger charge is -2.22. The van der Waals surface area contributed by atoms with Crippen molar-refractivity contribution in [1.82, 2.24) is 0 Å². The minimum atomic E-state index is 0.0852. The second-order valence-corrected chi connectivity index (χ2v) is 5.13. The molecule has 1 aliphatic rings. The molecular formula is C17H30O2. The molecule has 0 amide bonds. The maximum atomic E-state index is 5.71. The van der Waals surface area contributed by atoms with E-state index < -0.39 is 0 Å². The van der Waals surface area contributed by atoms with Crippen LogP contribution in [-0.2, 0) is 9.47 Å². The lowest BCUT2D eigenvalue weighted by Crippen LogP contribution is -2.22. The van der Waals surface area contributed by atoms with Crippen molar-refractivity contribution < 1.29 is 9.47 Å². The zero-order valence-corrected chi connectivity index (χ0v) is 12.5. The van der Waals surface area contributed by atoms with E-state index in [1.54, 1.807) is 0 Å². The van der Waals surface area contributed by atoms with E-state index in [0.717, 1.165) is 26.1 Å². The van der Waals surface area contributed by atoms with Gasteiger partial charge in [-0.3, -0.25) is 0 Å². The monoisotopic (exact) mass is 266 g/mol. The summed E-state index contributed by atoms with van der Waals surface area (Å²) >= 11 is 0. The molecule has 1 rings (SSSR count). The number of unbranched alkanes of at least 4 members (excludes halogenated alkanes) is 4. The Morgan fingerprint density at radius 3 is 2.68 bits per heavy atom. The van der Waals surface area contributed by atoms with Crippen molar-refractivity contribution in [3.8, 4) is 0 Å². The highest BCUT2D eigenvalue weighted by molar-refractivity contribution is 5.01. The maximum absolute atomic E-state index is 5.71. The number of allylic oxidation sites excluding steroid dienone is 4. The number of ether oxygens (including phenoxy) is 2. The van der Waals surface area contributed by atoms with Crippen LogP contribution in [0.4, 0.5) is 0 Å². The molecule has 110 valence electrons. The summed E-state index contributed by atoms with van der Waals surface area (Å²) in [4.78, 5) is 0. The Morgan fingerprint density at radius 1 is 1.05 bits per heavy atom. The molecule has 1 heterocycles. The third-order valence-corrected chi connectivity index (χ3v) is 3.33. The van der Waals surface area contributed by atoms with Crippen LogP contribution < -0.4 is 0 Å². The van der Waals surface area contributed by atoms with Crippen molar-refractivity contribution in [2.75, 3.05) is 13.2 Å². The Morgan fingerprint density at radius 2 is 1.89 bits per heavy atom. The molecule has 1 fully saturated rings. The van der Waals surface area contributed by atoms with E-state index in [4.69, 9.17) is 9.47 Å². The zero-order valence-electron chi connectivity index (χ0n) is 12.5. The largest absolute Gasteiger partial charge is 0.353 e. The van der Waals surface area contributed by atoms with Gasteiger partial charge < -0.3 is 9.47 Å². The quantitative estimate of drug-likeness (QED) is 0.409. The van der Waals surface area contributed by atoms with Crippen LogP contribution in [0.5, 0.6) is 0 Å². The minimum absolute atomic E-state index is 0.0852. The van der Waals surface area contributed by atoms with E-state index >= 15 is 0 Å². The molecule has 0 radical (unpaired) electrons. The molecule has 1 saturated heterocycles. The molecule has 0 aromatic rings. The second kappa shape index (κ2) is 12.4. The average molecular weight is 266 g/mol. The SMILES string of the molecule is CCC=CC=CCCCCCCOC1CCCCO1. The first kappa shape index (κ1) is 16.5. The van der Waals surface area contributed by atoms with Crippen LogP contribution >= 0.6 is 0 Å².